The second-order valence-corrected chi connectivity index (χ2v) is 4.48. The first kappa shape index (κ1) is 12.4. The number of H-pyrrole nitrogens is 1. The van der Waals surface area contributed by atoms with Crippen molar-refractivity contribution in [1.29, 1.82) is 0 Å². The van der Waals surface area contributed by atoms with E-state index in [0.717, 1.165) is 16.5 Å². The third-order valence-electron chi connectivity index (χ3n) is 2.86. The van der Waals surface area contributed by atoms with Gasteiger partial charge in [-0.25, -0.2) is 9.18 Å². The largest absolute Gasteiger partial charge is 0.478 e. The Bertz CT molecular complexity index is 626. The molecule has 1 aromatic heterocycles. The van der Waals surface area contributed by atoms with Crippen LogP contribution < -0.4 is 0 Å². The first-order valence-corrected chi connectivity index (χ1v) is 5.70. The monoisotopic (exact) mass is 247 g/mol. The molecular weight excluding hydrogens is 233 g/mol. The number of benzene rings is 1. The highest BCUT2D eigenvalue weighted by molar-refractivity contribution is 5.98. The summed E-state index contributed by atoms with van der Waals surface area (Å²) in [6, 6.07) is 4.44. The third-order valence-corrected chi connectivity index (χ3v) is 2.86. The zero-order chi connectivity index (χ0) is 13.3. The number of halogens is 1. The highest BCUT2D eigenvalue weighted by Crippen LogP contribution is 2.30. The SMILES string of the molecule is CC(C)/C(=C\C(=O)O)c1c[nH]c2cc(F)ccc12. The van der Waals surface area contributed by atoms with Gasteiger partial charge in [0, 0.05) is 28.7 Å². The minimum atomic E-state index is -0.977. The van der Waals surface area contributed by atoms with Gasteiger partial charge in [-0.1, -0.05) is 13.8 Å². The van der Waals surface area contributed by atoms with Gasteiger partial charge < -0.3 is 10.1 Å². The van der Waals surface area contributed by atoms with Crippen molar-refractivity contribution in [2.24, 2.45) is 5.92 Å². The fourth-order valence-electron chi connectivity index (χ4n) is 2.03. The van der Waals surface area contributed by atoms with Crippen molar-refractivity contribution >= 4 is 22.4 Å². The van der Waals surface area contributed by atoms with E-state index in [1.807, 2.05) is 13.8 Å². The van der Waals surface area contributed by atoms with Crippen LogP contribution in [0.2, 0.25) is 0 Å². The highest BCUT2D eigenvalue weighted by atomic mass is 19.1. The van der Waals surface area contributed by atoms with Gasteiger partial charge in [-0.3, -0.25) is 0 Å². The lowest BCUT2D eigenvalue weighted by Gasteiger charge is -2.09. The van der Waals surface area contributed by atoms with Crippen molar-refractivity contribution in [3.63, 3.8) is 0 Å². The number of fused-ring (bicyclic) bond motifs is 1. The standard InChI is InChI=1S/C14H14FNO2/c1-8(2)11(6-14(17)18)12-7-16-13-5-9(15)3-4-10(12)13/h3-8,16H,1-2H3,(H,17,18)/b11-6+. The van der Waals surface area contributed by atoms with E-state index in [9.17, 15) is 9.18 Å². The number of allylic oxidation sites excluding steroid dienone is 1. The van der Waals surface area contributed by atoms with Crippen molar-refractivity contribution in [1.82, 2.24) is 4.98 Å². The van der Waals surface area contributed by atoms with Crippen LogP contribution in [-0.4, -0.2) is 16.1 Å². The number of rotatable bonds is 3. The summed E-state index contributed by atoms with van der Waals surface area (Å²) in [5, 5.41) is 9.73. The van der Waals surface area contributed by atoms with Gasteiger partial charge in [0.1, 0.15) is 5.82 Å². The van der Waals surface area contributed by atoms with Crippen molar-refractivity contribution < 1.29 is 14.3 Å². The average molecular weight is 247 g/mol. The Hall–Kier alpha value is -2.10. The van der Waals surface area contributed by atoms with Crippen LogP contribution in [-0.2, 0) is 4.79 Å². The van der Waals surface area contributed by atoms with E-state index in [4.69, 9.17) is 5.11 Å². The van der Waals surface area contributed by atoms with E-state index < -0.39 is 5.97 Å². The normalized spacial score (nSPS) is 12.3. The third kappa shape index (κ3) is 2.27. The minimum Gasteiger partial charge on any atom is -0.478 e. The second-order valence-electron chi connectivity index (χ2n) is 4.48. The molecule has 0 bridgehead atoms. The van der Waals surface area contributed by atoms with Crippen molar-refractivity contribution in [3.8, 4) is 0 Å². The summed E-state index contributed by atoms with van der Waals surface area (Å²) in [5.74, 6) is -1.22. The molecule has 2 rings (SSSR count). The first-order chi connectivity index (χ1) is 8.49. The van der Waals surface area contributed by atoms with Gasteiger partial charge in [0.05, 0.1) is 0 Å². The first-order valence-electron chi connectivity index (χ1n) is 5.70. The van der Waals surface area contributed by atoms with E-state index in [1.165, 1.54) is 18.2 Å². The maximum Gasteiger partial charge on any atom is 0.328 e. The molecule has 0 amide bonds. The Kier molecular flexibility index (Phi) is 3.19. The fraction of sp³-hybridized carbons (Fsp3) is 0.214. The lowest BCUT2D eigenvalue weighted by atomic mass is 9.94. The van der Waals surface area contributed by atoms with Crippen LogP contribution in [0.4, 0.5) is 4.39 Å². The van der Waals surface area contributed by atoms with E-state index in [2.05, 4.69) is 4.98 Å². The van der Waals surface area contributed by atoms with Crippen molar-refractivity contribution in [3.05, 3.63) is 41.9 Å². The molecule has 2 N–H and O–H groups in total. The molecule has 18 heavy (non-hydrogen) atoms. The molecular formula is C14H14FNO2. The van der Waals surface area contributed by atoms with Crippen LogP contribution in [0, 0.1) is 11.7 Å². The predicted octanol–water partition coefficient (Wildman–Crippen LogP) is 3.43. The van der Waals surface area contributed by atoms with Gasteiger partial charge in [0.15, 0.2) is 0 Å². The Morgan fingerprint density at radius 1 is 1.44 bits per heavy atom. The Balaban J connectivity index is 2.62. The highest BCUT2D eigenvalue weighted by Gasteiger charge is 2.13. The van der Waals surface area contributed by atoms with Crippen LogP contribution in [0.3, 0.4) is 0 Å². The van der Waals surface area contributed by atoms with Crippen LogP contribution >= 0.6 is 0 Å². The molecule has 0 saturated heterocycles. The summed E-state index contributed by atoms with van der Waals surface area (Å²) in [4.78, 5) is 13.8. The van der Waals surface area contributed by atoms with Crippen LogP contribution in [0.1, 0.15) is 19.4 Å². The number of carbonyl (C=O) groups is 1. The minimum absolute atomic E-state index is 0.0742. The molecule has 3 nitrogen and oxygen atoms in total. The lowest BCUT2D eigenvalue weighted by molar-refractivity contribution is -0.131. The Morgan fingerprint density at radius 2 is 2.17 bits per heavy atom. The summed E-state index contributed by atoms with van der Waals surface area (Å²) >= 11 is 0. The average Bonchev–Trinajstić information content (AvgIpc) is 2.67. The quantitative estimate of drug-likeness (QED) is 0.816. The number of aromatic amines is 1. The maximum absolute atomic E-state index is 13.1. The molecule has 0 unspecified atom stereocenters. The summed E-state index contributed by atoms with van der Waals surface area (Å²) in [5.41, 5.74) is 2.20. The molecule has 0 aliphatic rings. The number of carboxylic acids is 1. The number of aliphatic carboxylic acids is 1. The molecule has 0 atom stereocenters. The van der Waals surface area contributed by atoms with Crippen molar-refractivity contribution in [2.75, 3.05) is 0 Å². The van der Waals surface area contributed by atoms with Crippen LogP contribution in [0.25, 0.3) is 16.5 Å². The van der Waals surface area contributed by atoms with Gasteiger partial charge >= 0.3 is 5.97 Å². The molecule has 0 spiro atoms. The maximum atomic E-state index is 13.1. The molecule has 1 aromatic carbocycles. The smallest absolute Gasteiger partial charge is 0.328 e. The summed E-state index contributed by atoms with van der Waals surface area (Å²) < 4.78 is 13.1. The van der Waals surface area contributed by atoms with Gasteiger partial charge in [-0.2, -0.15) is 0 Å². The zero-order valence-corrected chi connectivity index (χ0v) is 10.2. The number of hydrogen-bond acceptors (Lipinski definition) is 1. The summed E-state index contributed by atoms with van der Waals surface area (Å²) in [7, 11) is 0. The second kappa shape index (κ2) is 4.64. The topological polar surface area (TPSA) is 53.1 Å². The molecule has 0 saturated carbocycles. The Labute approximate surface area is 104 Å². The number of carboxylic acid groups (broad SMARTS) is 1. The summed E-state index contributed by atoms with van der Waals surface area (Å²) in [6.07, 6.45) is 2.93. The van der Waals surface area contributed by atoms with Gasteiger partial charge in [-0.15, -0.1) is 0 Å². The number of nitrogens with one attached hydrogen (secondary N) is 1. The van der Waals surface area contributed by atoms with E-state index in [1.54, 1.807) is 12.3 Å². The van der Waals surface area contributed by atoms with Crippen molar-refractivity contribution in [2.45, 2.75) is 13.8 Å². The van der Waals surface area contributed by atoms with E-state index in [-0.39, 0.29) is 11.7 Å². The molecule has 2 aromatic rings. The van der Waals surface area contributed by atoms with Crippen LogP contribution in [0.5, 0.6) is 0 Å². The molecule has 4 heteroatoms. The van der Waals surface area contributed by atoms with Crippen LogP contribution in [0.15, 0.2) is 30.5 Å². The van der Waals surface area contributed by atoms with Gasteiger partial charge in [0.25, 0.3) is 0 Å². The molecule has 0 aliphatic carbocycles. The predicted molar refractivity (Wildman–Crippen MR) is 68.7 cm³/mol. The molecule has 94 valence electrons. The molecule has 0 aliphatic heterocycles. The zero-order valence-electron chi connectivity index (χ0n) is 10.2. The summed E-state index contributed by atoms with van der Waals surface area (Å²) in [6.45, 7) is 3.86. The van der Waals surface area contributed by atoms with E-state index in [0.29, 0.717) is 5.52 Å². The Morgan fingerprint density at radius 3 is 2.78 bits per heavy atom. The fourth-order valence-corrected chi connectivity index (χ4v) is 2.03. The van der Waals surface area contributed by atoms with E-state index >= 15 is 0 Å². The number of hydrogen-bond donors (Lipinski definition) is 2. The van der Waals surface area contributed by atoms with Gasteiger partial charge in [-0.05, 0) is 29.7 Å². The van der Waals surface area contributed by atoms with Gasteiger partial charge in [0.2, 0.25) is 0 Å². The molecule has 0 fully saturated rings. The number of aromatic nitrogens is 1. The molecule has 1 heterocycles. The molecule has 0 radical (unpaired) electrons. The lowest BCUT2D eigenvalue weighted by Crippen LogP contribution is -1.98.